The van der Waals surface area contributed by atoms with E-state index in [1.165, 1.54) is 12.0 Å². The van der Waals surface area contributed by atoms with Crippen molar-refractivity contribution >= 4 is 11.6 Å². The summed E-state index contributed by atoms with van der Waals surface area (Å²) in [5.41, 5.74) is 1.64. The standard InChI is InChI=1S/C22H25ClN2O2/c23-21-10-6-11-22(20(21)14-24)27-16-19(26)15-25-12-5-4-9-18(25)13-17-7-2-1-3-8-17/h1-3,6-8,10-11,18-19,26H,4-5,9,12-13,15-16H2/t18-,19-/m1/s1. The Morgan fingerprint density at radius 3 is 2.78 bits per heavy atom. The average Bonchev–Trinajstić information content (AvgIpc) is 2.69. The summed E-state index contributed by atoms with van der Waals surface area (Å²) in [6.07, 6.45) is 3.92. The first kappa shape index (κ1) is 19.7. The third-order valence-corrected chi connectivity index (χ3v) is 5.34. The molecule has 142 valence electrons. The van der Waals surface area contributed by atoms with Crippen molar-refractivity contribution in [1.29, 1.82) is 5.26 Å². The first-order valence-electron chi connectivity index (χ1n) is 9.45. The van der Waals surface area contributed by atoms with E-state index in [-0.39, 0.29) is 6.61 Å². The van der Waals surface area contributed by atoms with Gasteiger partial charge in [0.15, 0.2) is 0 Å². The van der Waals surface area contributed by atoms with Crippen molar-refractivity contribution in [2.45, 2.75) is 37.8 Å². The highest BCUT2D eigenvalue weighted by Gasteiger charge is 2.25. The van der Waals surface area contributed by atoms with Crippen LogP contribution in [0.1, 0.15) is 30.4 Å². The highest BCUT2D eigenvalue weighted by Crippen LogP contribution is 2.26. The van der Waals surface area contributed by atoms with E-state index >= 15 is 0 Å². The van der Waals surface area contributed by atoms with E-state index in [9.17, 15) is 10.4 Å². The van der Waals surface area contributed by atoms with Crippen LogP contribution in [0.15, 0.2) is 48.5 Å². The first-order valence-corrected chi connectivity index (χ1v) is 9.82. The van der Waals surface area contributed by atoms with Crippen molar-refractivity contribution in [2.75, 3.05) is 19.7 Å². The Balaban J connectivity index is 1.56. The van der Waals surface area contributed by atoms with Gasteiger partial charge in [-0.1, -0.05) is 54.4 Å². The van der Waals surface area contributed by atoms with E-state index in [0.29, 0.717) is 28.9 Å². The molecule has 0 aliphatic carbocycles. The second kappa shape index (κ2) is 9.75. The summed E-state index contributed by atoms with van der Waals surface area (Å²) in [6.45, 7) is 1.71. The van der Waals surface area contributed by atoms with Crippen molar-refractivity contribution in [3.63, 3.8) is 0 Å². The molecule has 1 aliphatic rings. The third-order valence-electron chi connectivity index (χ3n) is 5.03. The lowest BCUT2D eigenvalue weighted by molar-refractivity contribution is 0.0396. The van der Waals surface area contributed by atoms with Crippen molar-refractivity contribution in [3.8, 4) is 11.8 Å². The molecule has 0 radical (unpaired) electrons. The number of likely N-dealkylation sites (tertiary alicyclic amines) is 1. The number of aliphatic hydroxyl groups is 1. The van der Waals surface area contributed by atoms with Crippen molar-refractivity contribution in [2.24, 2.45) is 0 Å². The molecule has 0 saturated carbocycles. The number of hydrogen-bond acceptors (Lipinski definition) is 4. The predicted molar refractivity (Wildman–Crippen MR) is 107 cm³/mol. The molecule has 2 atom stereocenters. The fraction of sp³-hybridized carbons (Fsp3) is 0.409. The van der Waals surface area contributed by atoms with Gasteiger partial charge in [-0.3, -0.25) is 4.90 Å². The molecule has 2 aromatic rings. The molecular formula is C22H25ClN2O2. The molecular weight excluding hydrogens is 360 g/mol. The maximum atomic E-state index is 10.5. The summed E-state index contributed by atoms with van der Waals surface area (Å²) >= 11 is 6.02. The van der Waals surface area contributed by atoms with Gasteiger partial charge in [-0.15, -0.1) is 0 Å². The molecule has 0 spiro atoms. The number of nitriles is 1. The molecule has 3 rings (SSSR count). The van der Waals surface area contributed by atoms with Crippen LogP contribution in [0.3, 0.4) is 0 Å². The average molecular weight is 385 g/mol. The second-order valence-electron chi connectivity index (χ2n) is 7.02. The summed E-state index contributed by atoms with van der Waals surface area (Å²) in [4.78, 5) is 2.37. The zero-order valence-electron chi connectivity index (χ0n) is 15.4. The maximum Gasteiger partial charge on any atom is 0.138 e. The van der Waals surface area contributed by atoms with Gasteiger partial charge in [0, 0.05) is 12.6 Å². The van der Waals surface area contributed by atoms with Crippen LogP contribution in [-0.4, -0.2) is 41.8 Å². The van der Waals surface area contributed by atoms with E-state index in [0.717, 1.165) is 25.8 Å². The third kappa shape index (κ3) is 5.46. The van der Waals surface area contributed by atoms with Crippen LogP contribution in [0, 0.1) is 11.3 Å². The summed E-state index contributed by atoms with van der Waals surface area (Å²) in [5.74, 6) is 0.420. The van der Waals surface area contributed by atoms with Crippen LogP contribution in [0.4, 0.5) is 0 Å². The zero-order chi connectivity index (χ0) is 19.1. The molecule has 0 unspecified atom stereocenters. The number of aliphatic hydroxyl groups excluding tert-OH is 1. The van der Waals surface area contributed by atoms with Crippen LogP contribution in [0.5, 0.6) is 5.75 Å². The van der Waals surface area contributed by atoms with Crippen LogP contribution in [0.2, 0.25) is 5.02 Å². The lowest BCUT2D eigenvalue weighted by Crippen LogP contribution is -2.46. The van der Waals surface area contributed by atoms with Crippen LogP contribution in [-0.2, 0) is 6.42 Å². The molecule has 0 amide bonds. The van der Waals surface area contributed by atoms with Gasteiger partial charge < -0.3 is 9.84 Å². The molecule has 1 N–H and O–H groups in total. The number of piperidine rings is 1. The van der Waals surface area contributed by atoms with E-state index in [1.54, 1.807) is 18.2 Å². The Kier molecular flexibility index (Phi) is 7.11. The Hall–Kier alpha value is -2.06. The molecule has 1 saturated heterocycles. The highest BCUT2D eigenvalue weighted by molar-refractivity contribution is 6.31. The molecule has 1 fully saturated rings. The molecule has 2 aromatic carbocycles. The van der Waals surface area contributed by atoms with E-state index < -0.39 is 6.10 Å². The van der Waals surface area contributed by atoms with Crippen LogP contribution >= 0.6 is 11.6 Å². The number of nitrogens with zero attached hydrogens (tertiary/aromatic N) is 2. The predicted octanol–water partition coefficient (Wildman–Crippen LogP) is 4.05. The topological polar surface area (TPSA) is 56.5 Å². The van der Waals surface area contributed by atoms with Gasteiger partial charge in [0.2, 0.25) is 0 Å². The lowest BCUT2D eigenvalue weighted by atomic mass is 9.95. The second-order valence-corrected chi connectivity index (χ2v) is 7.43. The van der Waals surface area contributed by atoms with Gasteiger partial charge in [-0.25, -0.2) is 0 Å². The van der Waals surface area contributed by atoms with Gasteiger partial charge in [0.05, 0.1) is 5.02 Å². The monoisotopic (exact) mass is 384 g/mol. The Morgan fingerprint density at radius 1 is 1.19 bits per heavy atom. The smallest absolute Gasteiger partial charge is 0.138 e. The number of β-amino-alcohol motifs (C(OH)–C–C–N with tert-alkyl or cyclic N) is 1. The van der Waals surface area contributed by atoms with Gasteiger partial charge in [-0.2, -0.15) is 5.26 Å². The van der Waals surface area contributed by atoms with E-state index in [2.05, 4.69) is 35.2 Å². The molecule has 1 heterocycles. The molecule has 1 aliphatic heterocycles. The summed E-state index contributed by atoms with van der Waals surface area (Å²) in [5, 5.41) is 20.1. The summed E-state index contributed by atoms with van der Waals surface area (Å²) in [7, 11) is 0. The normalized spacial score (nSPS) is 18.6. The van der Waals surface area contributed by atoms with Crippen LogP contribution < -0.4 is 4.74 Å². The van der Waals surface area contributed by atoms with Crippen molar-refractivity contribution < 1.29 is 9.84 Å². The molecule has 0 bridgehead atoms. The Morgan fingerprint density at radius 2 is 2.00 bits per heavy atom. The fourth-order valence-corrected chi connectivity index (χ4v) is 3.87. The number of benzene rings is 2. The van der Waals surface area contributed by atoms with E-state index in [4.69, 9.17) is 16.3 Å². The highest BCUT2D eigenvalue weighted by atomic mass is 35.5. The minimum atomic E-state index is -0.619. The number of ether oxygens (including phenoxy) is 1. The van der Waals surface area contributed by atoms with Gasteiger partial charge in [0.1, 0.15) is 30.1 Å². The molecule has 27 heavy (non-hydrogen) atoms. The zero-order valence-corrected chi connectivity index (χ0v) is 16.1. The van der Waals surface area contributed by atoms with Crippen molar-refractivity contribution in [3.05, 3.63) is 64.7 Å². The number of hydrogen-bond donors (Lipinski definition) is 1. The summed E-state index contributed by atoms with van der Waals surface area (Å²) < 4.78 is 5.68. The Bertz CT molecular complexity index is 776. The summed E-state index contributed by atoms with van der Waals surface area (Å²) in [6, 6.07) is 18.1. The molecule has 0 aromatic heterocycles. The fourth-order valence-electron chi connectivity index (χ4n) is 3.66. The lowest BCUT2D eigenvalue weighted by Gasteiger charge is -2.37. The number of rotatable bonds is 7. The SMILES string of the molecule is N#Cc1c(Cl)cccc1OC[C@H](O)CN1CCCC[C@@H]1Cc1ccccc1. The van der Waals surface area contributed by atoms with Gasteiger partial charge in [0.25, 0.3) is 0 Å². The Labute approximate surface area is 165 Å². The minimum absolute atomic E-state index is 0.142. The van der Waals surface area contributed by atoms with Crippen molar-refractivity contribution in [1.82, 2.24) is 4.90 Å². The largest absolute Gasteiger partial charge is 0.489 e. The molecule has 4 nitrogen and oxygen atoms in total. The molecule has 5 heteroatoms. The quantitative estimate of drug-likeness (QED) is 0.782. The maximum absolute atomic E-state index is 10.5. The van der Waals surface area contributed by atoms with Gasteiger partial charge in [-0.05, 0) is 43.5 Å². The minimum Gasteiger partial charge on any atom is -0.489 e. The van der Waals surface area contributed by atoms with Gasteiger partial charge >= 0.3 is 0 Å². The van der Waals surface area contributed by atoms with Crippen LogP contribution in [0.25, 0.3) is 0 Å². The van der Waals surface area contributed by atoms with E-state index in [1.807, 2.05) is 6.07 Å². The first-order chi connectivity index (χ1) is 13.2. The number of halogens is 1.